The second kappa shape index (κ2) is 8.27. The molecule has 3 rings (SSSR count). The van der Waals surface area contributed by atoms with Crippen molar-refractivity contribution in [3.63, 3.8) is 0 Å². The molecule has 2 aromatic rings. The molecule has 1 saturated carbocycles. The quantitative estimate of drug-likeness (QED) is 0.754. The van der Waals surface area contributed by atoms with Gasteiger partial charge in [-0.05, 0) is 37.5 Å². The molecule has 2 amide bonds. The molecule has 136 valence electrons. The van der Waals surface area contributed by atoms with Gasteiger partial charge in [0.25, 0.3) is 5.91 Å². The lowest BCUT2D eigenvalue weighted by molar-refractivity contribution is -0.116. The molecule has 2 N–H and O–H groups in total. The first-order valence-corrected chi connectivity index (χ1v) is 9.17. The molecule has 0 spiro atoms. The van der Waals surface area contributed by atoms with Crippen molar-refractivity contribution in [2.45, 2.75) is 44.9 Å². The van der Waals surface area contributed by atoms with Crippen molar-refractivity contribution in [2.24, 2.45) is 0 Å². The van der Waals surface area contributed by atoms with Gasteiger partial charge in [-0.3, -0.25) is 9.59 Å². The molecular formula is C19H21ClN4O2. The number of hydrogen-bond donors (Lipinski definition) is 2. The van der Waals surface area contributed by atoms with Gasteiger partial charge in [0.05, 0.1) is 16.3 Å². The maximum Gasteiger partial charge on any atom is 0.258 e. The van der Waals surface area contributed by atoms with Gasteiger partial charge in [-0.2, -0.15) is 0 Å². The van der Waals surface area contributed by atoms with Crippen LogP contribution in [0.5, 0.6) is 0 Å². The Bertz CT molecular complexity index is 804. The van der Waals surface area contributed by atoms with Gasteiger partial charge in [0.15, 0.2) is 0 Å². The summed E-state index contributed by atoms with van der Waals surface area (Å²) in [5.41, 5.74) is 1.46. The summed E-state index contributed by atoms with van der Waals surface area (Å²) in [6, 6.07) is 4.97. The number of hydrogen-bond acceptors (Lipinski definition) is 4. The van der Waals surface area contributed by atoms with Gasteiger partial charge >= 0.3 is 0 Å². The molecule has 26 heavy (non-hydrogen) atoms. The molecule has 0 radical (unpaired) electrons. The standard InChI is InChI=1S/C19H21ClN4O2/c1-2-3-4-17(25)24-16-8-7-14(9-15(16)20)23-19(26)13-10-21-18(22-11-13)12-5-6-12/h7-12H,2-6H2,1H3,(H,23,26)(H,24,25). The Morgan fingerprint density at radius 2 is 1.92 bits per heavy atom. The average Bonchev–Trinajstić information content (AvgIpc) is 3.47. The van der Waals surface area contributed by atoms with Crippen LogP contribution in [0.4, 0.5) is 11.4 Å². The Labute approximate surface area is 157 Å². The number of carbonyl (C=O) groups excluding carboxylic acids is 2. The Morgan fingerprint density at radius 3 is 2.54 bits per heavy atom. The fraction of sp³-hybridized carbons (Fsp3) is 0.368. The molecule has 0 atom stereocenters. The molecule has 0 unspecified atom stereocenters. The molecule has 0 aliphatic heterocycles. The zero-order chi connectivity index (χ0) is 18.5. The Balaban J connectivity index is 1.61. The van der Waals surface area contributed by atoms with Gasteiger partial charge < -0.3 is 10.6 Å². The van der Waals surface area contributed by atoms with Gasteiger partial charge in [-0.1, -0.05) is 24.9 Å². The van der Waals surface area contributed by atoms with E-state index in [9.17, 15) is 9.59 Å². The van der Waals surface area contributed by atoms with Gasteiger partial charge in [0.1, 0.15) is 5.82 Å². The van der Waals surface area contributed by atoms with Crippen molar-refractivity contribution >= 4 is 34.8 Å². The maximum atomic E-state index is 12.3. The zero-order valence-corrected chi connectivity index (χ0v) is 15.3. The summed E-state index contributed by atoms with van der Waals surface area (Å²) in [5, 5.41) is 5.91. The summed E-state index contributed by atoms with van der Waals surface area (Å²) >= 11 is 6.21. The van der Waals surface area contributed by atoms with E-state index in [2.05, 4.69) is 20.6 Å². The number of unbranched alkanes of at least 4 members (excludes halogenated alkanes) is 1. The van der Waals surface area contributed by atoms with Crippen LogP contribution in [-0.4, -0.2) is 21.8 Å². The predicted molar refractivity (Wildman–Crippen MR) is 102 cm³/mol. The molecule has 1 fully saturated rings. The van der Waals surface area contributed by atoms with E-state index in [0.29, 0.717) is 34.3 Å². The highest BCUT2D eigenvalue weighted by molar-refractivity contribution is 6.34. The molecule has 0 bridgehead atoms. The largest absolute Gasteiger partial charge is 0.325 e. The van der Waals surface area contributed by atoms with Crippen molar-refractivity contribution < 1.29 is 9.59 Å². The minimum atomic E-state index is -0.303. The zero-order valence-electron chi connectivity index (χ0n) is 14.6. The first kappa shape index (κ1) is 18.3. The normalized spacial score (nSPS) is 13.3. The highest BCUT2D eigenvalue weighted by atomic mass is 35.5. The van der Waals surface area contributed by atoms with E-state index < -0.39 is 0 Å². The van der Waals surface area contributed by atoms with Gasteiger partial charge in [0.2, 0.25) is 5.91 Å². The summed E-state index contributed by atoms with van der Waals surface area (Å²) in [6.07, 6.45) is 7.56. The molecule has 1 aliphatic rings. The van der Waals surface area contributed by atoms with Crippen LogP contribution in [0.3, 0.4) is 0 Å². The van der Waals surface area contributed by atoms with E-state index in [1.807, 2.05) is 6.92 Å². The Morgan fingerprint density at radius 1 is 1.19 bits per heavy atom. The molecule has 1 aliphatic carbocycles. The number of halogens is 1. The number of carbonyl (C=O) groups is 2. The predicted octanol–water partition coefficient (Wildman–Crippen LogP) is 4.39. The van der Waals surface area contributed by atoms with Gasteiger partial charge in [-0.25, -0.2) is 9.97 Å². The number of aromatic nitrogens is 2. The second-order valence-electron chi connectivity index (χ2n) is 6.40. The summed E-state index contributed by atoms with van der Waals surface area (Å²) in [6.45, 7) is 2.03. The van der Waals surface area contributed by atoms with Crippen LogP contribution in [0.25, 0.3) is 0 Å². The molecule has 1 aromatic heterocycles. The third-order valence-corrected chi connectivity index (χ3v) is 4.45. The lowest BCUT2D eigenvalue weighted by Gasteiger charge is -2.10. The van der Waals surface area contributed by atoms with Crippen LogP contribution in [0.15, 0.2) is 30.6 Å². The third-order valence-electron chi connectivity index (χ3n) is 4.13. The molecule has 6 nitrogen and oxygen atoms in total. The van der Waals surface area contributed by atoms with Crippen LogP contribution in [0, 0.1) is 0 Å². The number of nitrogens with one attached hydrogen (secondary N) is 2. The summed E-state index contributed by atoms with van der Waals surface area (Å²) in [4.78, 5) is 32.6. The molecule has 7 heteroatoms. The summed E-state index contributed by atoms with van der Waals surface area (Å²) in [5.74, 6) is 0.875. The second-order valence-corrected chi connectivity index (χ2v) is 6.81. The van der Waals surface area contributed by atoms with E-state index in [1.54, 1.807) is 30.6 Å². The van der Waals surface area contributed by atoms with E-state index in [4.69, 9.17) is 11.6 Å². The fourth-order valence-electron chi connectivity index (χ4n) is 2.46. The summed E-state index contributed by atoms with van der Waals surface area (Å²) < 4.78 is 0. The van der Waals surface area contributed by atoms with Crippen molar-refractivity contribution in [1.82, 2.24) is 9.97 Å². The highest BCUT2D eigenvalue weighted by Crippen LogP contribution is 2.37. The molecular weight excluding hydrogens is 352 g/mol. The molecule has 0 saturated heterocycles. The Kier molecular flexibility index (Phi) is 5.83. The third kappa shape index (κ3) is 4.79. The van der Waals surface area contributed by atoms with Crippen LogP contribution in [-0.2, 0) is 4.79 Å². The smallest absolute Gasteiger partial charge is 0.258 e. The number of benzene rings is 1. The lowest BCUT2D eigenvalue weighted by atomic mass is 10.2. The van der Waals surface area contributed by atoms with Crippen molar-refractivity contribution in [2.75, 3.05) is 10.6 Å². The van der Waals surface area contributed by atoms with Gasteiger partial charge in [0, 0.05) is 30.4 Å². The van der Waals surface area contributed by atoms with Crippen LogP contribution >= 0.6 is 11.6 Å². The van der Waals surface area contributed by atoms with Gasteiger partial charge in [-0.15, -0.1) is 0 Å². The number of anilines is 2. The average molecular weight is 373 g/mol. The van der Waals surface area contributed by atoms with Crippen molar-refractivity contribution in [1.29, 1.82) is 0 Å². The van der Waals surface area contributed by atoms with Crippen molar-refractivity contribution in [3.8, 4) is 0 Å². The summed E-state index contributed by atoms with van der Waals surface area (Å²) in [7, 11) is 0. The SMILES string of the molecule is CCCCC(=O)Nc1ccc(NC(=O)c2cnc(C3CC3)nc2)cc1Cl. The fourth-order valence-corrected chi connectivity index (χ4v) is 2.68. The van der Waals surface area contributed by atoms with E-state index >= 15 is 0 Å². The maximum absolute atomic E-state index is 12.3. The monoisotopic (exact) mass is 372 g/mol. The van der Waals surface area contributed by atoms with Crippen molar-refractivity contribution in [3.05, 3.63) is 47.0 Å². The lowest BCUT2D eigenvalue weighted by Crippen LogP contribution is -2.14. The van der Waals surface area contributed by atoms with E-state index in [1.165, 1.54) is 0 Å². The van der Waals surface area contributed by atoms with Crippen LogP contribution in [0.1, 0.15) is 61.1 Å². The highest BCUT2D eigenvalue weighted by Gasteiger charge is 2.26. The minimum absolute atomic E-state index is 0.0709. The minimum Gasteiger partial charge on any atom is -0.325 e. The molecule has 1 heterocycles. The topological polar surface area (TPSA) is 84.0 Å². The number of rotatable bonds is 7. The molecule has 1 aromatic carbocycles. The number of amides is 2. The Hall–Kier alpha value is -2.47. The van der Waals surface area contributed by atoms with E-state index in [-0.39, 0.29) is 11.8 Å². The van der Waals surface area contributed by atoms with E-state index in [0.717, 1.165) is 31.5 Å². The first-order valence-electron chi connectivity index (χ1n) is 8.79. The van der Waals surface area contributed by atoms with Crippen LogP contribution in [0.2, 0.25) is 5.02 Å². The number of nitrogens with zero attached hydrogens (tertiary/aromatic N) is 2. The van der Waals surface area contributed by atoms with Crippen LogP contribution < -0.4 is 10.6 Å². The first-order chi connectivity index (χ1) is 12.6.